The summed E-state index contributed by atoms with van der Waals surface area (Å²) >= 11 is 3.21. The molecule has 0 bridgehead atoms. The minimum Gasteiger partial charge on any atom is -0.396 e. The SMILES string of the molecule is COC1CCN(C(=O)c2cc(N)c(F)cc2Br)CC1. The summed E-state index contributed by atoms with van der Waals surface area (Å²) in [6, 6.07) is 2.61. The monoisotopic (exact) mass is 330 g/mol. The van der Waals surface area contributed by atoms with E-state index in [0.29, 0.717) is 23.1 Å². The van der Waals surface area contributed by atoms with Gasteiger partial charge in [-0.05, 0) is 40.9 Å². The highest BCUT2D eigenvalue weighted by atomic mass is 79.9. The number of hydrogen-bond donors (Lipinski definition) is 1. The van der Waals surface area contributed by atoms with Gasteiger partial charge < -0.3 is 15.4 Å². The molecule has 1 aliphatic heterocycles. The minimum absolute atomic E-state index is 0.0154. The summed E-state index contributed by atoms with van der Waals surface area (Å²) in [5.74, 6) is -0.658. The summed E-state index contributed by atoms with van der Waals surface area (Å²) < 4.78 is 19.0. The summed E-state index contributed by atoms with van der Waals surface area (Å²) in [5.41, 5.74) is 5.90. The fourth-order valence-electron chi connectivity index (χ4n) is 2.19. The molecule has 1 heterocycles. The quantitative estimate of drug-likeness (QED) is 0.847. The molecule has 0 atom stereocenters. The molecule has 104 valence electrons. The van der Waals surface area contributed by atoms with Gasteiger partial charge >= 0.3 is 0 Å². The first-order valence-corrected chi connectivity index (χ1v) is 6.88. The summed E-state index contributed by atoms with van der Waals surface area (Å²) in [4.78, 5) is 14.1. The highest BCUT2D eigenvalue weighted by Crippen LogP contribution is 2.25. The number of carbonyl (C=O) groups excluding carboxylic acids is 1. The molecule has 1 amide bonds. The van der Waals surface area contributed by atoms with Crippen LogP contribution >= 0.6 is 15.9 Å². The van der Waals surface area contributed by atoms with Crippen LogP contribution in [0.25, 0.3) is 0 Å². The molecule has 4 nitrogen and oxygen atoms in total. The largest absolute Gasteiger partial charge is 0.396 e. The Morgan fingerprint density at radius 2 is 2.11 bits per heavy atom. The van der Waals surface area contributed by atoms with Gasteiger partial charge in [-0.15, -0.1) is 0 Å². The number of halogens is 2. The molecule has 1 fully saturated rings. The number of carbonyl (C=O) groups is 1. The number of rotatable bonds is 2. The number of nitrogens with two attached hydrogens (primary N) is 1. The predicted octanol–water partition coefficient (Wildman–Crippen LogP) is 2.42. The molecular formula is C13H16BrFN2O2. The zero-order chi connectivity index (χ0) is 14.0. The smallest absolute Gasteiger partial charge is 0.255 e. The van der Waals surface area contributed by atoms with Gasteiger partial charge in [-0.2, -0.15) is 0 Å². The standard InChI is InChI=1S/C13H16BrFN2O2/c1-19-8-2-4-17(5-3-8)13(18)9-6-12(16)11(15)7-10(9)14/h6-8H,2-5,16H2,1H3. The van der Waals surface area contributed by atoms with E-state index in [4.69, 9.17) is 10.5 Å². The van der Waals surface area contributed by atoms with Gasteiger partial charge in [0, 0.05) is 24.7 Å². The Morgan fingerprint density at radius 3 is 2.68 bits per heavy atom. The number of nitrogen functional groups attached to an aromatic ring is 1. The van der Waals surface area contributed by atoms with E-state index in [1.807, 2.05) is 0 Å². The molecule has 1 aliphatic rings. The van der Waals surface area contributed by atoms with Crippen molar-refractivity contribution in [1.82, 2.24) is 4.90 Å². The number of ether oxygens (including phenoxy) is 1. The Labute approximate surface area is 119 Å². The maximum Gasteiger partial charge on any atom is 0.255 e. The number of likely N-dealkylation sites (tertiary alicyclic amines) is 1. The molecule has 1 saturated heterocycles. The van der Waals surface area contributed by atoms with Crippen molar-refractivity contribution < 1.29 is 13.9 Å². The van der Waals surface area contributed by atoms with Crippen molar-refractivity contribution in [1.29, 1.82) is 0 Å². The van der Waals surface area contributed by atoms with Crippen LogP contribution in [0.4, 0.5) is 10.1 Å². The summed E-state index contributed by atoms with van der Waals surface area (Å²) in [7, 11) is 1.68. The maximum atomic E-state index is 13.3. The van der Waals surface area contributed by atoms with E-state index in [2.05, 4.69) is 15.9 Å². The molecule has 0 unspecified atom stereocenters. The molecule has 0 aliphatic carbocycles. The van der Waals surface area contributed by atoms with Crippen LogP contribution in [-0.4, -0.2) is 37.1 Å². The Bertz CT molecular complexity index is 488. The van der Waals surface area contributed by atoms with Gasteiger partial charge in [-0.1, -0.05) is 0 Å². The number of benzene rings is 1. The van der Waals surface area contributed by atoms with Crippen molar-refractivity contribution >= 4 is 27.5 Å². The average molecular weight is 331 g/mol. The molecule has 0 radical (unpaired) electrons. The molecule has 0 saturated carbocycles. The third kappa shape index (κ3) is 3.06. The Kier molecular flexibility index (Phi) is 4.42. The fourth-order valence-corrected chi connectivity index (χ4v) is 2.68. The van der Waals surface area contributed by atoms with Crippen LogP contribution in [0.1, 0.15) is 23.2 Å². The third-order valence-electron chi connectivity index (χ3n) is 3.38. The molecule has 19 heavy (non-hydrogen) atoms. The van der Waals surface area contributed by atoms with Crippen LogP contribution in [0.15, 0.2) is 16.6 Å². The predicted molar refractivity (Wildman–Crippen MR) is 74.4 cm³/mol. The number of nitrogens with zero attached hydrogens (tertiary/aromatic N) is 1. The van der Waals surface area contributed by atoms with Crippen molar-refractivity contribution in [3.8, 4) is 0 Å². The first-order valence-electron chi connectivity index (χ1n) is 6.09. The second-order valence-electron chi connectivity index (χ2n) is 4.58. The highest BCUT2D eigenvalue weighted by molar-refractivity contribution is 9.10. The average Bonchev–Trinajstić information content (AvgIpc) is 2.42. The van der Waals surface area contributed by atoms with Crippen LogP contribution in [0.2, 0.25) is 0 Å². The van der Waals surface area contributed by atoms with Crippen LogP contribution in [-0.2, 0) is 4.74 Å². The van der Waals surface area contributed by atoms with Gasteiger partial charge in [0.15, 0.2) is 0 Å². The zero-order valence-corrected chi connectivity index (χ0v) is 12.2. The number of piperidine rings is 1. The van der Waals surface area contributed by atoms with Crippen LogP contribution in [0.3, 0.4) is 0 Å². The molecule has 1 aromatic carbocycles. The van der Waals surface area contributed by atoms with Crippen molar-refractivity contribution in [2.45, 2.75) is 18.9 Å². The summed E-state index contributed by atoms with van der Waals surface area (Å²) in [5, 5.41) is 0. The normalized spacial score (nSPS) is 16.7. The fraction of sp³-hybridized carbons (Fsp3) is 0.462. The topological polar surface area (TPSA) is 55.6 Å². The molecule has 0 aromatic heterocycles. The van der Waals surface area contributed by atoms with Crippen LogP contribution in [0, 0.1) is 5.82 Å². The molecule has 6 heteroatoms. The highest BCUT2D eigenvalue weighted by Gasteiger charge is 2.25. The first kappa shape index (κ1) is 14.3. The van der Waals surface area contributed by atoms with E-state index >= 15 is 0 Å². The van der Waals surface area contributed by atoms with E-state index in [0.717, 1.165) is 12.8 Å². The van der Waals surface area contributed by atoms with Gasteiger partial charge in [0.25, 0.3) is 5.91 Å². The van der Waals surface area contributed by atoms with Crippen LogP contribution in [0.5, 0.6) is 0 Å². The lowest BCUT2D eigenvalue weighted by Crippen LogP contribution is -2.40. The van der Waals surface area contributed by atoms with E-state index in [1.165, 1.54) is 12.1 Å². The minimum atomic E-state index is -0.526. The van der Waals surface area contributed by atoms with Crippen molar-refractivity contribution in [2.75, 3.05) is 25.9 Å². The van der Waals surface area contributed by atoms with Gasteiger partial charge in [0.1, 0.15) is 5.82 Å². The summed E-state index contributed by atoms with van der Waals surface area (Å²) in [6.07, 6.45) is 1.85. The Balaban J connectivity index is 2.14. The second-order valence-corrected chi connectivity index (χ2v) is 5.44. The van der Waals surface area contributed by atoms with Crippen molar-refractivity contribution in [3.63, 3.8) is 0 Å². The van der Waals surface area contributed by atoms with Crippen molar-refractivity contribution in [3.05, 3.63) is 28.0 Å². The van der Waals surface area contributed by atoms with Gasteiger partial charge in [-0.3, -0.25) is 4.79 Å². The molecule has 0 spiro atoms. The number of anilines is 1. The first-order chi connectivity index (χ1) is 9.02. The Morgan fingerprint density at radius 1 is 1.47 bits per heavy atom. The summed E-state index contributed by atoms with van der Waals surface area (Å²) in [6.45, 7) is 1.28. The van der Waals surface area contributed by atoms with E-state index in [9.17, 15) is 9.18 Å². The molecule has 1 aromatic rings. The third-order valence-corrected chi connectivity index (χ3v) is 4.04. The van der Waals surface area contributed by atoms with Crippen LogP contribution < -0.4 is 5.73 Å². The van der Waals surface area contributed by atoms with E-state index in [-0.39, 0.29) is 17.7 Å². The lowest BCUT2D eigenvalue weighted by atomic mass is 10.1. The van der Waals surface area contributed by atoms with Gasteiger partial charge in [-0.25, -0.2) is 4.39 Å². The molecular weight excluding hydrogens is 315 g/mol. The second kappa shape index (κ2) is 5.88. The molecule has 2 rings (SSSR count). The molecule has 2 N–H and O–H groups in total. The number of amides is 1. The lowest BCUT2D eigenvalue weighted by molar-refractivity contribution is 0.0350. The van der Waals surface area contributed by atoms with E-state index < -0.39 is 5.82 Å². The Hall–Kier alpha value is -1.14. The number of methoxy groups -OCH3 is 1. The van der Waals surface area contributed by atoms with Crippen molar-refractivity contribution in [2.24, 2.45) is 0 Å². The number of hydrogen-bond acceptors (Lipinski definition) is 3. The zero-order valence-electron chi connectivity index (χ0n) is 10.7. The maximum absolute atomic E-state index is 13.3. The van der Waals surface area contributed by atoms with Gasteiger partial charge in [0.2, 0.25) is 0 Å². The lowest BCUT2D eigenvalue weighted by Gasteiger charge is -2.31. The van der Waals surface area contributed by atoms with Gasteiger partial charge in [0.05, 0.1) is 17.4 Å². The van der Waals surface area contributed by atoms with E-state index in [1.54, 1.807) is 12.0 Å².